The minimum Gasteiger partial charge on any atom is -0.371 e. The SMILES string of the molecule is CO[C@@]12C=C3CCC[C@]3(CC1)C[C@@H]2OS(C)(=O)=O. The highest BCUT2D eigenvalue weighted by molar-refractivity contribution is 7.86. The Balaban J connectivity index is 1.99. The third kappa shape index (κ3) is 1.75. The van der Waals surface area contributed by atoms with Crippen LogP contribution in [0.5, 0.6) is 0 Å². The number of hydrogen-bond donors (Lipinski definition) is 0. The lowest BCUT2D eigenvalue weighted by Crippen LogP contribution is -2.55. The van der Waals surface area contributed by atoms with Crippen LogP contribution in [-0.4, -0.2) is 33.5 Å². The van der Waals surface area contributed by atoms with Gasteiger partial charge in [-0.2, -0.15) is 8.42 Å². The van der Waals surface area contributed by atoms with E-state index >= 15 is 0 Å². The molecule has 0 saturated heterocycles. The second kappa shape index (κ2) is 3.81. The molecule has 0 aromatic carbocycles. The molecule has 5 heteroatoms. The summed E-state index contributed by atoms with van der Waals surface area (Å²) in [6, 6.07) is 0. The standard InChI is InChI=1S/C13H20O4S/c1-16-13-7-6-12(5-3-4-10(12)8-13)9-11(13)17-18(2,14)15/h8,11H,3-7,9H2,1-2H3/t11-,12-,13+/m0/s1. The Labute approximate surface area is 108 Å². The smallest absolute Gasteiger partial charge is 0.264 e. The molecule has 0 N–H and O–H groups in total. The van der Waals surface area contributed by atoms with Gasteiger partial charge in [0.2, 0.25) is 0 Å². The monoisotopic (exact) mass is 272 g/mol. The molecule has 0 unspecified atom stereocenters. The van der Waals surface area contributed by atoms with Crippen molar-refractivity contribution in [2.24, 2.45) is 5.41 Å². The molecule has 0 aromatic heterocycles. The van der Waals surface area contributed by atoms with Gasteiger partial charge < -0.3 is 4.74 Å². The van der Waals surface area contributed by atoms with Crippen LogP contribution in [0.15, 0.2) is 11.6 Å². The second-order valence-electron chi connectivity index (χ2n) is 5.96. The van der Waals surface area contributed by atoms with Gasteiger partial charge in [-0.15, -0.1) is 0 Å². The summed E-state index contributed by atoms with van der Waals surface area (Å²) in [5, 5.41) is 0. The Kier molecular flexibility index (Phi) is 2.67. The van der Waals surface area contributed by atoms with Crippen LogP contribution in [0.3, 0.4) is 0 Å². The van der Waals surface area contributed by atoms with Crippen molar-refractivity contribution in [3.05, 3.63) is 11.6 Å². The fraction of sp³-hybridized carbons (Fsp3) is 0.846. The van der Waals surface area contributed by atoms with Crippen LogP contribution < -0.4 is 0 Å². The number of allylic oxidation sites excluding steroid dienone is 1. The molecule has 2 fully saturated rings. The van der Waals surface area contributed by atoms with Crippen LogP contribution in [0.4, 0.5) is 0 Å². The number of ether oxygens (including phenoxy) is 1. The Morgan fingerprint density at radius 1 is 1.33 bits per heavy atom. The summed E-state index contributed by atoms with van der Waals surface area (Å²) in [6.45, 7) is 0. The van der Waals surface area contributed by atoms with E-state index in [0.29, 0.717) is 0 Å². The van der Waals surface area contributed by atoms with Gasteiger partial charge >= 0.3 is 0 Å². The predicted octanol–water partition coefficient (Wildman–Crippen LogP) is 2.01. The molecule has 4 rings (SSSR count). The van der Waals surface area contributed by atoms with E-state index in [4.69, 9.17) is 8.92 Å². The second-order valence-corrected chi connectivity index (χ2v) is 7.56. The maximum Gasteiger partial charge on any atom is 0.264 e. The van der Waals surface area contributed by atoms with Gasteiger partial charge in [-0.3, -0.25) is 4.18 Å². The average Bonchev–Trinajstić information content (AvgIpc) is 2.69. The van der Waals surface area contributed by atoms with E-state index in [1.165, 1.54) is 18.4 Å². The summed E-state index contributed by atoms with van der Waals surface area (Å²) in [7, 11) is -1.78. The summed E-state index contributed by atoms with van der Waals surface area (Å²) >= 11 is 0. The molecule has 102 valence electrons. The number of methoxy groups -OCH3 is 1. The van der Waals surface area contributed by atoms with Crippen molar-refractivity contribution in [1.82, 2.24) is 0 Å². The molecule has 2 bridgehead atoms. The van der Waals surface area contributed by atoms with Gasteiger partial charge in [0, 0.05) is 7.11 Å². The van der Waals surface area contributed by atoms with Crippen molar-refractivity contribution in [3.63, 3.8) is 0 Å². The molecule has 0 aromatic rings. The summed E-state index contributed by atoms with van der Waals surface area (Å²) < 4.78 is 33.8. The molecule has 0 radical (unpaired) electrons. The van der Waals surface area contributed by atoms with E-state index in [1.807, 2.05) is 0 Å². The third-order valence-corrected chi connectivity index (χ3v) is 5.57. The molecule has 4 aliphatic rings. The topological polar surface area (TPSA) is 52.6 Å². The zero-order valence-corrected chi connectivity index (χ0v) is 11.8. The predicted molar refractivity (Wildman–Crippen MR) is 67.7 cm³/mol. The largest absolute Gasteiger partial charge is 0.371 e. The first-order chi connectivity index (χ1) is 8.39. The average molecular weight is 272 g/mol. The lowest BCUT2D eigenvalue weighted by atomic mass is 9.59. The third-order valence-electron chi connectivity index (χ3n) is 4.99. The van der Waals surface area contributed by atoms with Crippen LogP contribution in [0, 0.1) is 5.41 Å². The number of hydrogen-bond acceptors (Lipinski definition) is 4. The fourth-order valence-corrected chi connectivity index (χ4v) is 4.74. The van der Waals surface area contributed by atoms with Gasteiger partial charge in [0.1, 0.15) is 11.7 Å². The van der Waals surface area contributed by atoms with E-state index in [0.717, 1.165) is 31.9 Å². The van der Waals surface area contributed by atoms with Crippen molar-refractivity contribution in [1.29, 1.82) is 0 Å². The lowest BCUT2D eigenvalue weighted by molar-refractivity contribution is -0.114. The lowest BCUT2D eigenvalue weighted by Gasteiger charge is -2.53. The van der Waals surface area contributed by atoms with Crippen LogP contribution >= 0.6 is 0 Å². The highest BCUT2D eigenvalue weighted by Crippen LogP contribution is 2.60. The summed E-state index contributed by atoms with van der Waals surface area (Å²) in [6.07, 6.45) is 9.21. The van der Waals surface area contributed by atoms with Gasteiger partial charge in [-0.05, 0) is 43.9 Å². The summed E-state index contributed by atoms with van der Waals surface area (Å²) in [5.41, 5.74) is 1.16. The van der Waals surface area contributed by atoms with Gasteiger partial charge in [0.15, 0.2) is 0 Å². The van der Waals surface area contributed by atoms with E-state index in [2.05, 4.69) is 6.08 Å². The van der Waals surface area contributed by atoms with Crippen molar-refractivity contribution < 1.29 is 17.3 Å². The Morgan fingerprint density at radius 3 is 2.78 bits per heavy atom. The number of fused-ring (bicyclic) bond motifs is 2. The molecule has 0 aliphatic heterocycles. The number of rotatable bonds is 3. The molecule has 18 heavy (non-hydrogen) atoms. The van der Waals surface area contributed by atoms with E-state index in [1.54, 1.807) is 7.11 Å². The normalized spacial score (nSPS) is 42.8. The zero-order chi connectivity index (χ0) is 13.0. The first-order valence-corrected chi connectivity index (χ1v) is 8.36. The quantitative estimate of drug-likeness (QED) is 0.582. The molecule has 0 amide bonds. The first-order valence-electron chi connectivity index (χ1n) is 6.55. The minimum absolute atomic E-state index is 0.204. The van der Waals surface area contributed by atoms with Gasteiger partial charge in [-0.1, -0.05) is 11.6 Å². The van der Waals surface area contributed by atoms with Crippen molar-refractivity contribution in [2.45, 2.75) is 50.2 Å². The Bertz CT molecular complexity index is 495. The summed E-state index contributed by atoms with van der Waals surface area (Å²) in [4.78, 5) is 0. The van der Waals surface area contributed by atoms with Crippen molar-refractivity contribution >= 4 is 10.1 Å². The van der Waals surface area contributed by atoms with Crippen LogP contribution in [-0.2, 0) is 19.0 Å². The van der Waals surface area contributed by atoms with E-state index in [9.17, 15) is 8.42 Å². The summed E-state index contributed by atoms with van der Waals surface area (Å²) in [5.74, 6) is 0. The van der Waals surface area contributed by atoms with E-state index in [-0.39, 0.29) is 11.5 Å². The Morgan fingerprint density at radius 2 is 2.11 bits per heavy atom. The maximum absolute atomic E-state index is 11.4. The molecule has 2 saturated carbocycles. The molecule has 3 atom stereocenters. The van der Waals surface area contributed by atoms with Crippen molar-refractivity contribution in [2.75, 3.05) is 13.4 Å². The van der Waals surface area contributed by atoms with E-state index < -0.39 is 15.7 Å². The first kappa shape index (κ1) is 12.6. The van der Waals surface area contributed by atoms with Gasteiger partial charge in [-0.25, -0.2) is 0 Å². The molecule has 4 aliphatic carbocycles. The fourth-order valence-electron chi connectivity index (χ4n) is 4.09. The highest BCUT2D eigenvalue weighted by atomic mass is 32.2. The zero-order valence-electron chi connectivity index (χ0n) is 10.9. The molecular formula is C13H20O4S. The van der Waals surface area contributed by atoms with Crippen LogP contribution in [0.2, 0.25) is 0 Å². The van der Waals surface area contributed by atoms with Crippen molar-refractivity contribution in [3.8, 4) is 0 Å². The van der Waals surface area contributed by atoms with Crippen LogP contribution in [0.1, 0.15) is 38.5 Å². The molecular weight excluding hydrogens is 252 g/mol. The maximum atomic E-state index is 11.4. The molecule has 4 nitrogen and oxygen atoms in total. The molecule has 1 spiro atoms. The highest BCUT2D eigenvalue weighted by Gasteiger charge is 2.57. The van der Waals surface area contributed by atoms with Crippen LogP contribution in [0.25, 0.3) is 0 Å². The molecule has 0 heterocycles. The minimum atomic E-state index is -3.44. The van der Waals surface area contributed by atoms with Gasteiger partial charge in [0.25, 0.3) is 10.1 Å². The van der Waals surface area contributed by atoms with Gasteiger partial charge in [0.05, 0.1) is 6.26 Å². The Hall–Kier alpha value is -0.390.